The van der Waals surface area contributed by atoms with E-state index in [1.54, 1.807) is 11.2 Å². The number of methoxy groups -OCH3 is 2. The first kappa shape index (κ1) is 46.6. The Kier molecular flexibility index (Phi) is 15.2. The zero-order valence-electron chi connectivity index (χ0n) is 38.1. The molecule has 5 atom stereocenters. The van der Waals surface area contributed by atoms with Gasteiger partial charge in [0.15, 0.2) is 0 Å². The van der Waals surface area contributed by atoms with Gasteiger partial charge >= 0.3 is 12.2 Å². The van der Waals surface area contributed by atoms with Crippen LogP contribution in [0, 0.1) is 11.8 Å². The highest BCUT2D eigenvalue weighted by Crippen LogP contribution is 2.34. The van der Waals surface area contributed by atoms with Gasteiger partial charge in [-0.3, -0.25) is 24.9 Å². The average Bonchev–Trinajstić information content (AvgIpc) is 4.14. The normalized spacial score (nSPS) is 20.9. The van der Waals surface area contributed by atoms with Crippen molar-refractivity contribution in [3.8, 4) is 22.4 Å². The number of fused-ring (bicyclic) bond motifs is 1. The summed E-state index contributed by atoms with van der Waals surface area (Å²) in [6, 6.07) is 19.0. The van der Waals surface area contributed by atoms with Crippen molar-refractivity contribution in [1.29, 1.82) is 0 Å². The van der Waals surface area contributed by atoms with Crippen molar-refractivity contribution in [2.24, 2.45) is 16.8 Å². The molecule has 6 N–H and O–H groups in total. The van der Waals surface area contributed by atoms with Crippen molar-refractivity contribution in [1.82, 2.24) is 46.6 Å². The third-order valence-corrected chi connectivity index (χ3v) is 13.4. The molecule has 1 aromatic heterocycles. The number of imidazole rings is 1. The third kappa shape index (κ3) is 10.7. The van der Waals surface area contributed by atoms with Gasteiger partial charge in [-0.25, -0.2) is 19.6 Å². The minimum Gasteiger partial charge on any atom is -0.453 e. The van der Waals surface area contributed by atoms with E-state index in [0.29, 0.717) is 90.4 Å². The standard InChI is InChI=1S/C48H62N10O8/c1-49-19-13-37(54-45(59)41(55-47(61)63-3)31-15-21-65-22-16-31)43-50-28-39(52-43)36-12-11-34-25-33(9-10-35(34)26-36)29-5-7-30(8-6-29)38-27-51-44(53-38)40-14-20-57(2)58(40)46(60)42(56-48(62)64-4)32-17-23-66-24-18-32/h5-12,25-27,31-32,37,40-43,49-50H,13-24,28H2,1-4H3,(H,51,53)(H,54,59)(H,55,61)(H,56,62). The number of hydrazine groups is 1. The fourth-order valence-corrected chi connectivity index (χ4v) is 9.59. The van der Waals surface area contributed by atoms with E-state index in [1.165, 1.54) is 14.2 Å². The van der Waals surface area contributed by atoms with Crippen molar-refractivity contribution in [2.75, 3.05) is 74.4 Å². The van der Waals surface area contributed by atoms with Gasteiger partial charge in [0, 0.05) is 46.6 Å². The predicted molar refractivity (Wildman–Crippen MR) is 248 cm³/mol. The fraction of sp³-hybridized carbons (Fsp3) is 0.500. The highest BCUT2D eigenvalue weighted by Gasteiger charge is 2.43. The molecule has 5 unspecified atom stereocenters. The van der Waals surface area contributed by atoms with Crippen LogP contribution in [0.15, 0.2) is 71.9 Å². The second-order valence-corrected chi connectivity index (χ2v) is 17.4. The molecule has 0 radical (unpaired) electrons. The summed E-state index contributed by atoms with van der Waals surface area (Å²) in [6.07, 6.45) is 4.18. The SMILES string of the molecule is CNCCC(NC(=O)C(NC(=O)OC)C1CCOCC1)C1N=C(c2ccc3cc(-c4ccc(-c5cnc(C6CCN(C)N6C(=O)C(NC(=O)OC)C6CCOCC6)[nH]5)cc4)ccc3c2)CN1. The summed E-state index contributed by atoms with van der Waals surface area (Å²) >= 11 is 0. The highest BCUT2D eigenvalue weighted by atomic mass is 16.5. The number of aliphatic imine (C=N–C) groups is 1. The number of amides is 4. The minimum absolute atomic E-state index is 0.0638. The van der Waals surface area contributed by atoms with Crippen LogP contribution >= 0.6 is 0 Å². The number of H-pyrrole nitrogens is 1. The van der Waals surface area contributed by atoms with Gasteiger partial charge in [0.25, 0.3) is 5.91 Å². The number of hydrogen-bond acceptors (Lipinski definition) is 13. The fourth-order valence-electron chi connectivity index (χ4n) is 9.59. The van der Waals surface area contributed by atoms with Crippen LogP contribution in [0.2, 0.25) is 0 Å². The van der Waals surface area contributed by atoms with Crippen LogP contribution in [-0.2, 0) is 28.5 Å². The lowest BCUT2D eigenvalue weighted by atomic mass is 9.90. The predicted octanol–water partition coefficient (Wildman–Crippen LogP) is 4.13. The van der Waals surface area contributed by atoms with Crippen LogP contribution in [0.4, 0.5) is 9.59 Å². The van der Waals surface area contributed by atoms with Gasteiger partial charge in [0.05, 0.1) is 37.9 Å². The molecule has 8 rings (SSSR count). The number of nitrogens with one attached hydrogen (secondary N) is 6. The van der Waals surface area contributed by atoms with Crippen LogP contribution < -0.4 is 26.6 Å². The quantitative estimate of drug-likeness (QED) is 0.0995. The van der Waals surface area contributed by atoms with Crippen molar-refractivity contribution in [2.45, 2.75) is 68.9 Å². The number of carbonyl (C=O) groups excluding carboxylic acids is 4. The number of rotatable bonds is 15. The number of hydrogen-bond donors (Lipinski definition) is 6. The second kappa shape index (κ2) is 21.6. The molecule has 4 aliphatic heterocycles. The molecule has 4 aliphatic rings. The maximum absolute atomic E-state index is 14.2. The molecule has 18 nitrogen and oxygen atoms in total. The Labute approximate surface area is 384 Å². The van der Waals surface area contributed by atoms with E-state index < -0.39 is 24.3 Å². The molecule has 3 saturated heterocycles. The van der Waals surface area contributed by atoms with Crippen molar-refractivity contribution >= 4 is 40.5 Å². The zero-order valence-corrected chi connectivity index (χ0v) is 38.1. The maximum Gasteiger partial charge on any atom is 0.407 e. The largest absolute Gasteiger partial charge is 0.453 e. The summed E-state index contributed by atoms with van der Waals surface area (Å²) < 4.78 is 20.8. The smallest absolute Gasteiger partial charge is 0.407 e. The van der Waals surface area contributed by atoms with E-state index in [2.05, 4.69) is 92.2 Å². The summed E-state index contributed by atoms with van der Waals surface area (Å²) in [7, 11) is 6.36. The molecular weight excluding hydrogens is 845 g/mol. The van der Waals surface area contributed by atoms with Gasteiger partial charge in [0.2, 0.25) is 5.91 Å². The number of benzene rings is 3. The third-order valence-electron chi connectivity index (χ3n) is 13.4. The Morgan fingerprint density at radius 3 is 2.02 bits per heavy atom. The van der Waals surface area contributed by atoms with Gasteiger partial charge in [0.1, 0.15) is 30.1 Å². The first-order valence-electron chi connectivity index (χ1n) is 23.0. The molecule has 352 valence electrons. The second-order valence-electron chi connectivity index (χ2n) is 17.4. The van der Waals surface area contributed by atoms with Crippen molar-refractivity contribution in [3.05, 3.63) is 78.2 Å². The monoisotopic (exact) mass is 906 g/mol. The molecule has 3 aromatic carbocycles. The van der Waals surface area contributed by atoms with E-state index >= 15 is 0 Å². The van der Waals surface area contributed by atoms with E-state index in [4.69, 9.17) is 28.9 Å². The lowest BCUT2D eigenvalue weighted by Gasteiger charge is -2.36. The first-order valence-corrected chi connectivity index (χ1v) is 23.0. The zero-order chi connectivity index (χ0) is 46.2. The highest BCUT2D eigenvalue weighted by molar-refractivity contribution is 6.06. The summed E-state index contributed by atoms with van der Waals surface area (Å²) in [4.78, 5) is 65.8. The average molecular weight is 907 g/mol. The summed E-state index contributed by atoms with van der Waals surface area (Å²) in [5, 5.41) is 21.3. The topological polar surface area (TPSA) is 213 Å². The Balaban J connectivity index is 0.932. The number of aromatic nitrogens is 2. The van der Waals surface area contributed by atoms with Gasteiger partial charge in [-0.2, -0.15) is 0 Å². The van der Waals surface area contributed by atoms with Crippen molar-refractivity contribution in [3.63, 3.8) is 0 Å². The summed E-state index contributed by atoms with van der Waals surface area (Å²) in [5.74, 6) is 0.104. The first-order chi connectivity index (χ1) is 32.1. The Morgan fingerprint density at radius 1 is 0.773 bits per heavy atom. The van der Waals surface area contributed by atoms with Gasteiger partial charge in [-0.15, -0.1) is 0 Å². The van der Waals surface area contributed by atoms with E-state index in [-0.39, 0.29) is 41.9 Å². The van der Waals surface area contributed by atoms with Gasteiger partial charge in [-0.05, 0) is 109 Å². The Morgan fingerprint density at radius 2 is 1.36 bits per heavy atom. The lowest BCUT2D eigenvalue weighted by molar-refractivity contribution is -0.150. The number of nitrogens with zero attached hydrogens (tertiary/aromatic N) is 4. The minimum atomic E-state index is -0.744. The van der Waals surface area contributed by atoms with E-state index in [0.717, 1.165) is 44.4 Å². The molecule has 0 saturated carbocycles. The molecule has 3 fully saturated rings. The summed E-state index contributed by atoms with van der Waals surface area (Å²) in [5.41, 5.74) is 5.88. The van der Waals surface area contributed by atoms with Crippen LogP contribution in [0.25, 0.3) is 33.2 Å². The molecule has 0 bridgehead atoms. The molecular formula is C48H62N10O8. The molecule has 66 heavy (non-hydrogen) atoms. The van der Waals surface area contributed by atoms with E-state index in [9.17, 15) is 19.2 Å². The van der Waals surface area contributed by atoms with E-state index in [1.807, 2.05) is 19.1 Å². The Bertz CT molecular complexity index is 2360. The van der Waals surface area contributed by atoms with Crippen molar-refractivity contribution < 1.29 is 38.1 Å². The number of carbonyl (C=O) groups is 4. The molecule has 18 heteroatoms. The van der Waals surface area contributed by atoms with Crippen LogP contribution in [0.5, 0.6) is 0 Å². The maximum atomic E-state index is 14.2. The lowest BCUT2D eigenvalue weighted by Crippen LogP contribution is -2.57. The molecule has 4 aromatic rings. The Hall–Kier alpha value is -5.92. The molecule has 0 aliphatic carbocycles. The molecule has 0 spiro atoms. The van der Waals surface area contributed by atoms with Gasteiger partial charge in [-0.1, -0.05) is 48.5 Å². The van der Waals surface area contributed by atoms with Crippen LogP contribution in [0.1, 0.15) is 56.0 Å². The number of alkyl carbamates (subject to hydrolysis) is 2. The molecule has 5 heterocycles. The van der Waals surface area contributed by atoms with Crippen LogP contribution in [-0.4, -0.2) is 148 Å². The van der Waals surface area contributed by atoms with Crippen LogP contribution in [0.3, 0.4) is 0 Å². The number of ether oxygens (including phenoxy) is 4. The molecule has 4 amide bonds. The summed E-state index contributed by atoms with van der Waals surface area (Å²) in [6.45, 7) is 4.04. The number of aromatic amines is 1. The van der Waals surface area contributed by atoms with Gasteiger partial charge < -0.3 is 45.2 Å².